The minimum atomic E-state index is -0.906. The minimum Gasteiger partial charge on any atom is -0.489 e. The summed E-state index contributed by atoms with van der Waals surface area (Å²) in [5.74, 6) is -0.0718. The fourth-order valence-corrected chi connectivity index (χ4v) is 3.45. The molecule has 1 aliphatic carbocycles. The van der Waals surface area contributed by atoms with E-state index >= 15 is 0 Å². The van der Waals surface area contributed by atoms with Gasteiger partial charge in [0.1, 0.15) is 11.9 Å². The summed E-state index contributed by atoms with van der Waals surface area (Å²) < 4.78 is 11.3. The first-order valence-corrected chi connectivity index (χ1v) is 7.89. The fourth-order valence-electron chi connectivity index (χ4n) is 2.52. The number of carboxylic acid groups (broad SMARTS) is 1. The molecule has 2 rings (SSSR count). The molecule has 0 radical (unpaired) electrons. The second-order valence-corrected chi connectivity index (χ2v) is 6.65. The molecule has 5 heteroatoms. The van der Waals surface area contributed by atoms with Gasteiger partial charge in [0.2, 0.25) is 0 Å². The van der Waals surface area contributed by atoms with Gasteiger partial charge in [-0.3, -0.25) is 0 Å². The van der Waals surface area contributed by atoms with Gasteiger partial charge in [-0.15, -0.1) is 11.3 Å². The SMILES string of the molecule is COC1CCCC(Oc2cc(C(C)C)sc2C(=O)O)C1. The maximum atomic E-state index is 11.3. The van der Waals surface area contributed by atoms with Gasteiger partial charge in [-0.25, -0.2) is 4.79 Å². The zero-order valence-electron chi connectivity index (χ0n) is 12.2. The number of methoxy groups -OCH3 is 1. The molecule has 0 saturated heterocycles. The Hall–Kier alpha value is -1.07. The molecule has 1 saturated carbocycles. The van der Waals surface area contributed by atoms with Crippen molar-refractivity contribution in [2.24, 2.45) is 0 Å². The quantitative estimate of drug-likeness (QED) is 0.895. The first-order valence-electron chi connectivity index (χ1n) is 7.07. The highest BCUT2D eigenvalue weighted by molar-refractivity contribution is 7.14. The van der Waals surface area contributed by atoms with Gasteiger partial charge in [0, 0.05) is 18.4 Å². The Morgan fingerprint density at radius 3 is 2.70 bits per heavy atom. The van der Waals surface area contributed by atoms with Crippen LogP contribution in [0.2, 0.25) is 0 Å². The van der Waals surface area contributed by atoms with Crippen molar-refractivity contribution in [3.8, 4) is 5.75 Å². The minimum absolute atomic E-state index is 0.0569. The number of rotatable bonds is 5. The lowest BCUT2D eigenvalue weighted by molar-refractivity contribution is 0.0206. The Morgan fingerprint density at radius 2 is 2.10 bits per heavy atom. The third-order valence-corrected chi connectivity index (χ3v) is 5.09. The van der Waals surface area contributed by atoms with Crippen molar-refractivity contribution < 1.29 is 19.4 Å². The molecule has 0 bridgehead atoms. The molecule has 0 aromatic carbocycles. The highest BCUT2D eigenvalue weighted by atomic mass is 32.1. The Kier molecular flexibility index (Phi) is 5.05. The second-order valence-electron chi connectivity index (χ2n) is 5.57. The molecule has 1 aliphatic rings. The van der Waals surface area contributed by atoms with E-state index in [-0.39, 0.29) is 12.2 Å². The van der Waals surface area contributed by atoms with Crippen molar-refractivity contribution in [2.45, 2.75) is 57.7 Å². The number of hydrogen-bond donors (Lipinski definition) is 1. The molecule has 4 nitrogen and oxygen atoms in total. The van der Waals surface area contributed by atoms with Crippen molar-refractivity contribution >= 4 is 17.3 Å². The van der Waals surface area contributed by atoms with E-state index in [1.807, 2.05) is 6.07 Å². The zero-order valence-corrected chi connectivity index (χ0v) is 13.0. The molecule has 1 aromatic rings. The summed E-state index contributed by atoms with van der Waals surface area (Å²) in [6.45, 7) is 4.12. The Morgan fingerprint density at radius 1 is 1.40 bits per heavy atom. The average Bonchev–Trinajstić information content (AvgIpc) is 2.83. The van der Waals surface area contributed by atoms with E-state index in [0.717, 1.165) is 30.6 Å². The summed E-state index contributed by atoms with van der Waals surface area (Å²) in [4.78, 5) is 12.7. The monoisotopic (exact) mass is 298 g/mol. The van der Waals surface area contributed by atoms with Crippen LogP contribution >= 0.6 is 11.3 Å². The molecule has 1 N–H and O–H groups in total. The van der Waals surface area contributed by atoms with Crippen molar-refractivity contribution in [2.75, 3.05) is 7.11 Å². The first-order chi connectivity index (χ1) is 9.51. The van der Waals surface area contributed by atoms with Crippen LogP contribution in [0.3, 0.4) is 0 Å². The molecule has 2 atom stereocenters. The van der Waals surface area contributed by atoms with Crippen LogP contribution in [0.15, 0.2) is 6.07 Å². The molecule has 0 aliphatic heterocycles. The van der Waals surface area contributed by atoms with Crippen molar-refractivity contribution in [3.05, 3.63) is 15.8 Å². The molecule has 20 heavy (non-hydrogen) atoms. The molecule has 112 valence electrons. The van der Waals surface area contributed by atoms with Gasteiger partial charge >= 0.3 is 5.97 Å². The van der Waals surface area contributed by atoms with Gasteiger partial charge < -0.3 is 14.6 Å². The van der Waals surface area contributed by atoms with E-state index < -0.39 is 5.97 Å². The lowest BCUT2D eigenvalue weighted by Gasteiger charge is -2.28. The third-order valence-electron chi connectivity index (χ3n) is 3.69. The predicted molar refractivity (Wildman–Crippen MR) is 79.0 cm³/mol. The Labute approximate surface area is 123 Å². The van der Waals surface area contributed by atoms with Crippen molar-refractivity contribution in [3.63, 3.8) is 0 Å². The maximum Gasteiger partial charge on any atom is 0.349 e. The fraction of sp³-hybridized carbons (Fsp3) is 0.667. The summed E-state index contributed by atoms with van der Waals surface area (Å²) in [5, 5.41) is 9.29. The van der Waals surface area contributed by atoms with E-state index in [2.05, 4.69) is 13.8 Å². The molecular weight excluding hydrogens is 276 g/mol. The van der Waals surface area contributed by atoms with Gasteiger partial charge in [-0.1, -0.05) is 13.8 Å². The number of carbonyl (C=O) groups is 1. The van der Waals surface area contributed by atoms with E-state index in [1.54, 1.807) is 7.11 Å². The highest BCUT2D eigenvalue weighted by Gasteiger charge is 2.26. The maximum absolute atomic E-state index is 11.3. The van der Waals surface area contributed by atoms with E-state index in [4.69, 9.17) is 9.47 Å². The van der Waals surface area contributed by atoms with Crippen LogP contribution in [0, 0.1) is 0 Å². The van der Waals surface area contributed by atoms with Crippen LogP contribution in [-0.2, 0) is 4.74 Å². The summed E-state index contributed by atoms with van der Waals surface area (Å²) in [7, 11) is 1.72. The third kappa shape index (κ3) is 3.52. The van der Waals surface area contributed by atoms with Crippen molar-refractivity contribution in [1.29, 1.82) is 0 Å². The summed E-state index contributed by atoms with van der Waals surface area (Å²) >= 11 is 1.32. The van der Waals surface area contributed by atoms with E-state index in [1.165, 1.54) is 11.3 Å². The van der Waals surface area contributed by atoms with Crippen LogP contribution < -0.4 is 4.74 Å². The lowest BCUT2D eigenvalue weighted by atomic mass is 9.95. The van der Waals surface area contributed by atoms with Crippen LogP contribution in [0.5, 0.6) is 5.75 Å². The predicted octanol–water partition coefficient (Wildman–Crippen LogP) is 3.91. The van der Waals surface area contributed by atoms with Gasteiger partial charge in [-0.05, 0) is 31.2 Å². The molecule has 0 spiro atoms. The van der Waals surface area contributed by atoms with Gasteiger partial charge in [0.25, 0.3) is 0 Å². The molecule has 1 fully saturated rings. The van der Waals surface area contributed by atoms with E-state index in [9.17, 15) is 9.90 Å². The number of ether oxygens (including phenoxy) is 2. The molecule has 1 aromatic heterocycles. The topological polar surface area (TPSA) is 55.8 Å². The van der Waals surface area contributed by atoms with Crippen LogP contribution in [-0.4, -0.2) is 30.4 Å². The van der Waals surface area contributed by atoms with Crippen LogP contribution in [0.1, 0.15) is 60.0 Å². The molecule has 1 heterocycles. The standard InChI is InChI=1S/C15H22O4S/c1-9(2)13-8-12(14(20-13)15(16)17)19-11-6-4-5-10(7-11)18-3/h8-11H,4-7H2,1-3H3,(H,16,17). The summed E-state index contributed by atoms with van der Waals surface area (Å²) in [6.07, 6.45) is 4.20. The summed E-state index contributed by atoms with van der Waals surface area (Å²) in [6, 6.07) is 1.88. The van der Waals surface area contributed by atoms with Crippen LogP contribution in [0.25, 0.3) is 0 Å². The number of aromatic carboxylic acids is 1. The van der Waals surface area contributed by atoms with E-state index in [0.29, 0.717) is 16.5 Å². The second kappa shape index (κ2) is 6.59. The Balaban J connectivity index is 2.13. The number of thiophene rings is 1. The Bertz CT molecular complexity index is 466. The molecule has 2 unspecified atom stereocenters. The zero-order chi connectivity index (χ0) is 14.7. The number of carboxylic acids is 1. The summed E-state index contributed by atoms with van der Waals surface area (Å²) in [5.41, 5.74) is 0. The van der Waals surface area contributed by atoms with Gasteiger partial charge in [-0.2, -0.15) is 0 Å². The van der Waals surface area contributed by atoms with Gasteiger partial charge in [0.15, 0.2) is 4.88 Å². The first kappa shape index (κ1) is 15.3. The largest absolute Gasteiger partial charge is 0.489 e. The molecular formula is C15H22O4S. The number of hydrogen-bond acceptors (Lipinski definition) is 4. The molecule has 0 amide bonds. The average molecular weight is 298 g/mol. The van der Waals surface area contributed by atoms with Crippen molar-refractivity contribution in [1.82, 2.24) is 0 Å². The van der Waals surface area contributed by atoms with Crippen LogP contribution in [0.4, 0.5) is 0 Å². The highest BCUT2D eigenvalue weighted by Crippen LogP contribution is 2.36. The lowest BCUT2D eigenvalue weighted by Crippen LogP contribution is -2.29. The smallest absolute Gasteiger partial charge is 0.349 e. The van der Waals surface area contributed by atoms with Gasteiger partial charge in [0.05, 0.1) is 6.10 Å². The normalized spacial score (nSPS) is 23.0.